The van der Waals surface area contributed by atoms with Crippen molar-refractivity contribution in [3.8, 4) is 5.75 Å². The van der Waals surface area contributed by atoms with E-state index in [2.05, 4.69) is 17.2 Å². The van der Waals surface area contributed by atoms with Crippen molar-refractivity contribution in [3.05, 3.63) is 57.8 Å². The van der Waals surface area contributed by atoms with Crippen LogP contribution >= 0.6 is 23.2 Å². The number of ether oxygens (including phenoxy) is 1. The van der Waals surface area contributed by atoms with Crippen LogP contribution in [0.3, 0.4) is 0 Å². The van der Waals surface area contributed by atoms with Gasteiger partial charge in [0, 0.05) is 17.8 Å². The van der Waals surface area contributed by atoms with Gasteiger partial charge in [-0.2, -0.15) is 0 Å². The van der Waals surface area contributed by atoms with Crippen LogP contribution in [0.25, 0.3) is 0 Å². The first-order valence-corrected chi connectivity index (χ1v) is 7.17. The number of hydrogen-bond acceptors (Lipinski definition) is 3. The molecule has 0 aliphatic rings. The van der Waals surface area contributed by atoms with Crippen LogP contribution in [0.5, 0.6) is 5.75 Å². The molecule has 0 aliphatic heterocycles. The number of rotatable bonds is 6. The van der Waals surface area contributed by atoms with Gasteiger partial charge in [-0.05, 0) is 36.4 Å². The smallest absolute Gasteiger partial charge is 0.138 e. The lowest BCUT2D eigenvalue weighted by Gasteiger charge is -2.08. The summed E-state index contributed by atoms with van der Waals surface area (Å²) in [5.41, 5.74) is 2.01. The molecule has 1 N–H and O–H groups in total. The number of pyridine rings is 1. The number of benzene rings is 1. The van der Waals surface area contributed by atoms with Gasteiger partial charge in [-0.1, -0.05) is 36.2 Å². The summed E-state index contributed by atoms with van der Waals surface area (Å²) in [7, 11) is 0. The summed E-state index contributed by atoms with van der Waals surface area (Å²) in [5.74, 6) is 0.606. The van der Waals surface area contributed by atoms with Crippen molar-refractivity contribution in [1.82, 2.24) is 10.3 Å². The fourth-order valence-electron chi connectivity index (χ4n) is 1.66. The molecule has 20 heavy (non-hydrogen) atoms. The lowest BCUT2D eigenvalue weighted by atomic mass is 10.2. The van der Waals surface area contributed by atoms with E-state index in [9.17, 15) is 0 Å². The molecule has 0 atom stereocenters. The molecule has 0 aliphatic carbocycles. The zero-order valence-corrected chi connectivity index (χ0v) is 12.7. The largest absolute Gasteiger partial charge is 0.486 e. The molecule has 0 bridgehead atoms. The van der Waals surface area contributed by atoms with Gasteiger partial charge in [0.25, 0.3) is 0 Å². The molecule has 1 aromatic heterocycles. The molecule has 0 spiro atoms. The highest BCUT2D eigenvalue weighted by Crippen LogP contribution is 2.27. The lowest BCUT2D eigenvalue weighted by Crippen LogP contribution is -2.12. The predicted octanol–water partition coefficient (Wildman–Crippen LogP) is 4.08. The Balaban J connectivity index is 1.93. The van der Waals surface area contributed by atoms with E-state index in [1.165, 1.54) is 0 Å². The van der Waals surface area contributed by atoms with Crippen molar-refractivity contribution < 1.29 is 4.74 Å². The highest BCUT2D eigenvalue weighted by atomic mass is 35.5. The Labute approximate surface area is 128 Å². The first-order chi connectivity index (χ1) is 9.69. The first kappa shape index (κ1) is 15.1. The number of hydrogen-bond donors (Lipinski definition) is 1. The lowest BCUT2D eigenvalue weighted by molar-refractivity contribution is 0.301. The number of halogens is 2. The minimum Gasteiger partial charge on any atom is -0.486 e. The van der Waals surface area contributed by atoms with E-state index in [0.717, 1.165) is 24.3 Å². The highest BCUT2D eigenvalue weighted by Gasteiger charge is 2.03. The van der Waals surface area contributed by atoms with Crippen LogP contribution < -0.4 is 10.1 Å². The fourth-order valence-corrected chi connectivity index (χ4v) is 2.12. The van der Waals surface area contributed by atoms with Crippen molar-refractivity contribution in [2.24, 2.45) is 0 Å². The molecule has 0 unspecified atom stereocenters. The average Bonchev–Trinajstić information content (AvgIpc) is 2.45. The third kappa shape index (κ3) is 4.37. The summed E-state index contributed by atoms with van der Waals surface area (Å²) in [5, 5.41) is 4.35. The normalized spacial score (nSPS) is 10.6. The van der Waals surface area contributed by atoms with Crippen LogP contribution in [-0.2, 0) is 13.2 Å². The molecular formula is C15H16Cl2N2O. The molecule has 5 heteroatoms. The quantitative estimate of drug-likeness (QED) is 0.873. The number of nitrogens with zero attached hydrogens (tertiary/aromatic N) is 1. The summed E-state index contributed by atoms with van der Waals surface area (Å²) in [6.07, 6.45) is 1.85. The molecule has 0 radical (unpaired) electrons. The SMILES string of the molecule is CCNCc1ccc(COc2ccc(Cl)cc2Cl)nc1. The van der Waals surface area contributed by atoms with Gasteiger partial charge in [0.15, 0.2) is 0 Å². The number of aromatic nitrogens is 1. The summed E-state index contributed by atoms with van der Waals surface area (Å²) >= 11 is 11.9. The molecule has 2 rings (SSSR count). The molecular weight excluding hydrogens is 295 g/mol. The van der Waals surface area contributed by atoms with E-state index in [1.807, 2.05) is 18.3 Å². The van der Waals surface area contributed by atoms with E-state index in [1.54, 1.807) is 18.2 Å². The zero-order chi connectivity index (χ0) is 14.4. The van der Waals surface area contributed by atoms with Gasteiger partial charge in [-0.15, -0.1) is 0 Å². The van der Waals surface area contributed by atoms with Crippen molar-refractivity contribution in [1.29, 1.82) is 0 Å². The molecule has 106 valence electrons. The van der Waals surface area contributed by atoms with Crippen molar-refractivity contribution in [3.63, 3.8) is 0 Å². The zero-order valence-electron chi connectivity index (χ0n) is 11.2. The van der Waals surface area contributed by atoms with Crippen LogP contribution in [0.4, 0.5) is 0 Å². The van der Waals surface area contributed by atoms with Gasteiger partial charge in [0.05, 0.1) is 10.7 Å². The van der Waals surface area contributed by atoms with Crippen molar-refractivity contribution in [2.45, 2.75) is 20.1 Å². The van der Waals surface area contributed by atoms with Crippen LogP contribution in [0.1, 0.15) is 18.2 Å². The monoisotopic (exact) mass is 310 g/mol. The Hall–Kier alpha value is -1.29. The third-order valence-electron chi connectivity index (χ3n) is 2.73. The van der Waals surface area contributed by atoms with Gasteiger partial charge in [-0.3, -0.25) is 4.98 Å². The van der Waals surface area contributed by atoms with Crippen LogP contribution in [0, 0.1) is 0 Å². The summed E-state index contributed by atoms with van der Waals surface area (Å²) in [6.45, 7) is 4.22. The molecule has 1 heterocycles. The van der Waals surface area contributed by atoms with Crippen LogP contribution in [-0.4, -0.2) is 11.5 Å². The Morgan fingerprint density at radius 2 is 2.05 bits per heavy atom. The standard InChI is InChI=1S/C15H16Cl2N2O/c1-2-18-8-11-3-5-13(19-9-11)10-20-15-6-4-12(16)7-14(15)17/h3-7,9,18H,2,8,10H2,1H3. The van der Waals surface area contributed by atoms with Crippen molar-refractivity contribution in [2.75, 3.05) is 6.54 Å². The second-order valence-electron chi connectivity index (χ2n) is 4.30. The topological polar surface area (TPSA) is 34.1 Å². The Morgan fingerprint density at radius 1 is 1.20 bits per heavy atom. The van der Waals surface area contributed by atoms with Gasteiger partial charge >= 0.3 is 0 Å². The molecule has 1 aromatic carbocycles. The first-order valence-electron chi connectivity index (χ1n) is 6.41. The summed E-state index contributed by atoms with van der Waals surface area (Å²) < 4.78 is 5.63. The second kappa shape index (κ2) is 7.48. The third-order valence-corrected chi connectivity index (χ3v) is 3.27. The maximum absolute atomic E-state index is 6.04. The Kier molecular flexibility index (Phi) is 5.65. The van der Waals surface area contributed by atoms with Gasteiger partial charge in [0.1, 0.15) is 12.4 Å². The van der Waals surface area contributed by atoms with E-state index in [-0.39, 0.29) is 0 Å². The van der Waals surface area contributed by atoms with Crippen molar-refractivity contribution >= 4 is 23.2 Å². The molecule has 0 saturated heterocycles. The molecule has 0 saturated carbocycles. The van der Waals surface area contributed by atoms with Crippen LogP contribution in [0.2, 0.25) is 10.0 Å². The average molecular weight is 311 g/mol. The van der Waals surface area contributed by atoms with Gasteiger partial charge < -0.3 is 10.1 Å². The minimum absolute atomic E-state index is 0.378. The van der Waals surface area contributed by atoms with E-state index < -0.39 is 0 Å². The molecule has 0 amide bonds. The van der Waals surface area contributed by atoms with Crippen LogP contribution in [0.15, 0.2) is 36.5 Å². The molecule has 0 fully saturated rings. The second-order valence-corrected chi connectivity index (χ2v) is 5.15. The Morgan fingerprint density at radius 3 is 2.70 bits per heavy atom. The highest BCUT2D eigenvalue weighted by molar-refractivity contribution is 6.35. The minimum atomic E-state index is 0.378. The maximum Gasteiger partial charge on any atom is 0.138 e. The Bertz CT molecular complexity index is 558. The maximum atomic E-state index is 6.04. The van der Waals surface area contributed by atoms with E-state index in [0.29, 0.717) is 22.4 Å². The predicted molar refractivity (Wildman–Crippen MR) is 82.4 cm³/mol. The van der Waals surface area contributed by atoms with E-state index in [4.69, 9.17) is 27.9 Å². The summed E-state index contributed by atoms with van der Waals surface area (Å²) in [4.78, 5) is 4.36. The number of nitrogens with one attached hydrogen (secondary N) is 1. The molecule has 3 nitrogen and oxygen atoms in total. The molecule has 2 aromatic rings. The van der Waals surface area contributed by atoms with E-state index >= 15 is 0 Å². The summed E-state index contributed by atoms with van der Waals surface area (Å²) in [6, 6.07) is 9.15. The fraction of sp³-hybridized carbons (Fsp3) is 0.267. The van der Waals surface area contributed by atoms with Gasteiger partial charge in [-0.25, -0.2) is 0 Å². The van der Waals surface area contributed by atoms with Gasteiger partial charge in [0.2, 0.25) is 0 Å².